The monoisotopic (exact) mass is 564 g/mol. The molecule has 2 heterocycles. The molecule has 2 saturated heterocycles. The molecule has 1 saturated carbocycles. The molecule has 40 heavy (non-hydrogen) atoms. The van der Waals surface area contributed by atoms with Crippen LogP contribution in [0.15, 0.2) is 24.3 Å². The van der Waals surface area contributed by atoms with E-state index < -0.39 is 5.97 Å². The maximum atomic E-state index is 13.2. The van der Waals surface area contributed by atoms with E-state index >= 15 is 0 Å². The molecule has 8 nitrogen and oxygen atoms in total. The number of aliphatic carboxylic acids is 1. The summed E-state index contributed by atoms with van der Waals surface area (Å²) in [7, 11) is 1.74. The van der Waals surface area contributed by atoms with Gasteiger partial charge in [-0.15, -0.1) is 0 Å². The first-order valence-electron chi connectivity index (χ1n) is 15.6. The number of methoxy groups -OCH3 is 1. The minimum atomic E-state index is -0.780. The van der Waals surface area contributed by atoms with Crippen LogP contribution in [0.4, 0.5) is 0 Å². The highest BCUT2D eigenvalue weighted by atomic mass is 16.7. The van der Waals surface area contributed by atoms with Gasteiger partial charge in [-0.25, -0.2) is 0 Å². The van der Waals surface area contributed by atoms with Crippen LogP contribution in [-0.2, 0) is 33.3 Å². The molecule has 3 rings (SSSR count). The van der Waals surface area contributed by atoms with E-state index in [-0.39, 0.29) is 48.8 Å². The number of carbonyl (C=O) groups excluding carboxylic acids is 1. The lowest BCUT2D eigenvalue weighted by Gasteiger charge is -2.31. The van der Waals surface area contributed by atoms with Gasteiger partial charge in [0.1, 0.15) is 5.78 Å². The van der Waals surface area contributed by atoms with Gasteiger partial charge in [0, 0.05) is 51.6 Å². The first-order valence-corrected chi connectivity index (χ1v) is 15.6. The molecule has 7 atom stereocenters. The lowest BCUT2D eigenvalue weighted by Crippen LogP contribution is -2.32. The van der Waals surface area contributed by atoms with Crippen molar-refractivity contribution >= 4 is 11.8 Å². The Bertz CT molecular complexity index is 784. The maximum absolute atomic E-state index is 13.2. The molecular formula is C32H52O8. The Balaban J connectivity index is 1.71. The number of ether oxygens (including phenoxy) is 5. The predicted molar refractivity (Wildman–Crippen MR) is 153 cm³/mol. The highest BCUT2D eigenvalue weighted by molar-refractivity contribution is 5.85. The van der Waals surface area contributed by atoms with Crippen LogP contribution in [0.25, 0.3) is 0 Å². The summed E-state index contributed by atoms with van der Waals surface area (Å²) in [6, 6.07) is 0. The van der Waals surface area contributed by atoms with Gasteiger partial charge in [0.2, 0.25) is 0 Å². The van der Waals surface area contributed by atoms with Crippen molar-refractivity contribution in [1.29, 1.82) is 0 Å². The van der Waals surface area contributed by atoms with Crippen molar-refractivity contribution in [3.63, 3.8) is 0 Å². The molecule has 1 aliphatic carbocycles. The molecule has 0 bridgehead atoms. The molecule has 8 heteroatoms. The van der Waals surface area contributed by atoms with E-state index in [0.717, 1.165) is 71.0 Å². The van der Waals surface area contributed by atoms with E-state index in [0.29, 0.717) is 38.2 Å². The second-order valence-corrected chi connectivity index (χ2v) is 11.6. The molecular weight excluding hydrogens is 512 g/mol. The van der Waals surface area contributed by atoms with Crippen molar-refractivity contribution in [2.24, 2.45) is 17.8 Å². The van der Waals surface area contributed by atoms with Crippen molar-refractivity contribution in [2.45, 2.75) is 122 Å². The average Bonchev–Trinajstić information content (AvgIpc) is 3.24. The SMILES string of the molecule is COCCCCC(C)[C@H](/C=C/[C@H]1[C@H](OC2CCCCO2)CC(=O)[C@@H]1CC=CCCCC(=O)O)OC1CCCCO1. The lowest BCUT2D eigenvalue weighted by atomic mass is 9.89. The minimum Gasteiger partial charge on any atom is -0.481 e. The van der Waals surface area contributed by atoms with Gasteiger partial charge in [0.05, 0.1) is 12.2 Å². The van der Waals surface area contributed by atoms with Crippen LogP contribution in [0.2, 0.25) is 0 Å². The Kier molecular flexibility index (Phi) is 15.5. The van der Waals surface area contributed by atoms with Gasteiger partial charge < -0.3 is 28.8 Å². The molecule has 0 aromatic carbocycles. The van der Waals surface area contributed by atoms with Gasteiger partial charge in [0.15, 0.2) is 12.6 Å². The standard InChI is InChI=1S/C32H52O8/c1-24(13-7-10-20-36-2)28(39-31-16-8-11-21-37-31)19-18-26-25(14-5-3-4-6-15-30(34)35)27(33)23-29(26)40-32-17-9-12-22-38-32/h3,5,18-19,24-26,28-29,31-32H,4,6-17,20-23H2,1-2H3,(H,34,35)/b5-3?,19-18+/t24?,25-,26-,28+,29-,31?,32?/m1/s1. The fourth-order valence-corrected chi connectivity index (χ4v) is 5.87. The van der Waals surface area contributed by atoms with Crippen LogP contribution in [0.3, 0.4) is 0 Å². The molecule has 3 fully saturated rings. The lowest BCUT2D eigenvalue weighted by molar-refractivity contribution is -0.193. The van der Waals surface area contributed by atoms with Crippen molar-refractivity contribution in [2.75, 3.05) is 26.9 Å². The van der Waals surface area contributed by atoms with Gasteiger partial charge >= 0.3 is 5.97 Å². The predicted octanol–water partition coefficient (Wildman–Crippen LogP) is 6.23. The third-order valence-electron chi connectivity index (χ3n) is 8.28. The fraction of sp³-hybridized carbons (Fsp3) is 0.812. The quantitative estimate of drug-likeness (QED) is 0.155. The van der Waals surface area contributed by atoms with E-state index in [9.17, 15) is 9.59 Å². The van der Waals surface area contributed by atoms with E-state index in [1.165, 1.54) is 0 Å². The largest absolute Gasteiger partial charge is 0.481 e. The summed E-state index contributed by atoms with van der Waals surface area (Å²) < 4.78 is 29.9. The number of ketones is 1. The topological polar surface area (TPSA) is 101 Å². The normalized spacial score (nSPS) is 29.4. The summed E-state index contributed by atoms with van der Waals surface area (Å²) in [5, 5.41) is 8.87. The smallest absolute Gasteiger partial charge is 0.303 e. The summed E-state index contributed by atoms with van der Waals surface area (Å²) in [4.78, 5) is 24.0. The number of Topliss-reactive ketones (excluding diaryl/α,β-unsaturated/α-hetero) is 1. The second kappa shape index (κ2) is 18.8. The number of carbonyl (C=O) groups is 2. The van der Waals surface area contributed by atoms with Crippen LogP contribution in [-0.4, -0.2) is 68.6 Å². The van der Waals surface area contributed by atoms with Crippen LogP contribution in [0.1, 0.15) is 96.8 Å². The van der Waals surface area contributed by atoms with Crippen molar-refractivity contribution in [3.05, 3.63) is 24.3 Å². The highest BCUT2D eigenvalue weighted by Crippen LogP contribution is 2.37. The van der Waals surface area contributed by atoms with Crippen LogP contribution < -0.4 is 0 Å². The van der Waals surface area contributed by atoms with Crippen LogP contribution in [0, 0.1) is 17.8 Å². The van der Waals surface area contributed by atoms with Gasteiger partial charge in [0.25, 0.3) is 0 Å². The van der Waals surface area contributed by atoms with Gasteiger partial charge in [-0.1, -0.05) is 37.6 Å². The van der Waals surface area contributed by atoms with E-state index in [4.69, 9.17) is 28.8 Å². The number of hydrogen-bond donors (Lipinski definition) is 1. The number of unbranched alkanes of at least 4 members (excludes halogenated alkanes) is 2. The molecule has 0 aromatic heterocycles. The fourth-order valence-electron chi connectivity index (χ4n) is 5.87. The van der Waals surface area contributed by atoms with Crippen molar-refractivity contribution in [1.82, 2.24) is 0 Å². The molecule has 3 unspecified atom stereocenters. The summed E-state index contributed by atoms with van der Waals surface area (Å²) in [6.07, 6.45) is 19.2. The third-order valence-corrected chi connectivity index (χ3v) is 8.28. The maximum Gasteiger partial charge on any atom is 0.303 e. The van der Waals surface area contributed by atoms with E-state index in [2.05, 4.69) is 19.1 Å². The Morgan fingerprint density at radius 2 is 1.80 bits per heavy atom. The average molecular weight is 565 g/mol. The third kappa shape index (κ3) is 11.7. The molecule has 0 spiro atoms. The Morgan fingerprint density at radius 3 is 2.48 bits per heavy atom. The number of carboxylic acids is 1. The molecule has 1 N–H and O–H groups in total. The van der Waals surface area contributed by atoms with Crippen molar-refractivity contribution < 1.29 is 38.4 Å². The zero-order valence-corrected chi connectivity index (χ0v) is 24.7. The zero-order chi connectivity index (χ0) is 28.6. The zero-order valence-electron chi connectivity index (χ0n) is 24.7. The van der Waals surface area contributed by atoms with Gasteiger partial charge in [-0.05, 0) is 76.5 Å². The number of rotatable bonds is 18. The highest BCUT2D eigenvalue weighted by Gasteiger charge is 2.42. The van der Waals surface area contributed by atoms with Crippen LogP contribution in [0.5, 0.6) is 0 Å². The molecule has 0 aromatic rings. The number of allylic oxidation sites excluding steroid dienone is 2. The summed E-state index contributed by atoms with van der Waals surface area (Å²) >= 11 is 0. The van der Waals surface area contributed by atoms with E-state index in [1.807, 2.05) is 12.2 Å². The van der Waals surface area contributed by atoms with Gasteiger partial charge in [-0.3, -0.25) is 9.59 Å². The van der Waals surface area contributed by atoms with Crippen molar-refractivity contribution in [3.8, 4) is 0 Å². The van der Waals surface area contributed by atoms with Gasteiger partial charge in [-0.2, -0.15) is 0 Å². The van der Waals surface area contributed by atoms with E-state index in [1.54, 1.807) is 7.11 Å². The summed E-state index contributed by atoms with van der Waals surface area (Å²) in [5.41, 5.74) is 0. The minimum absolute atomic E-state index is 0.0687. The second-order valence-electron chi connectivity index (χ2n) is 11.6. The number of carboxylic acid groups (broad SMARTS) is 1. The van der Waals surface area contributed by atoms with Crippen LogP contribution >= 0.6 is 0 Å². The molecule has 0 radical (unpaired) electrons. The first kappa shape index (κ1) is 32.9. The molecule has 3 aliphatic rings. The first-order chi connectivity index (χ1) is 19.5. The molecule has 2 aliphatic heterocycles. The summed E-state index contributed by atoms with van der Waals surface area (Å²) in [6.45, 7) is 4.42. The summed E-state index contributed by atoms with van der Waals surface area (Å²) in [5.74, 6) is -0.515. The Labute approximate surface area is 240 Å². The molecule has 0 amide bonds. The Hall–Kier alpha value is -1.58. The Morgan fingerprint density at radius 1 is 1.05 bits per heavy atom. The molecule has 228 valence electrons. The number of hydrogen-bond acceptors (Lipinski definition) is 7.